The fourth-order valence-electron chi connectivity index (χ4n) is 0. The van der Waals surface area contributed by atoms with Gasteiger partial charge >= 0.3 is 51.4 Å². The van der Waals surface area contributed by atoms with Crippen LogP contribution in [0.25, 0.3) is 0 Å². The summed E-state index contributed by atoms with van der Waals surface area (Å²) in [5.41, 5.74) is -0.500. The van der Waals surface area contributed by atoms with Crippen LogP contribution in [0.3, 0.4) is 0 Å². The van der Waals surface area contributed by atoms with Gasteiger partial charge in [0.25, 0.3) is 0 Å². The molecule has 0 bridgehead atoms. The Kier molecular flexibility index (Phi) is 16.4. The van der Waals surface area contributed by atoms with Crippen molar-refractivity contribution in [2.45, 2.75) is 26.4 Å². The number of rotatable bonds is 0. The van der Waals surface area contributed by atoms with Gasteiger partial charge in [-0.2, -0.15) is 0 Å². The van der Waals surface area contributed by atoms with E-state index in [1.165, 1.54) is 0 Å². The van der Waals surface area contributed by atoms with E-state index in [1.807, 2.05) is 0 Å². The summed E-state index contributed by atoms with van der Waals surface area (Å²) >= 11 is 0. The van der Waals surface area contributed by atoms with Crippen LogP contribution < -0.4 is 0 Å². The van der Waals surface area contributed by atoms with Gasteiger partial charge in [-0.1, -0.05) is 0 Å². The van der Waals surface area contributed by atoms with Gasteiger partial charge in [0.2, 0.25) is 0 Å². The predicted octanol–water partition coefficient (Wildman–Crippen LogP) is 0.378. The first-order valence-electron chi connectivity index (χ1n) is 2.06. The number of terminal acetylenes is 1. The molecular weight excluding hydrogens is 127 g/mol. The van der Waals surface area contributed by atoms with E-state index in [2.05, 4.69) is 12.8 Å². The molecule has 0 aliphatic heterocycles. The summed E-state index contributed by atoms with van der Waals surface area (Å²) in [5.74, 6) is 0. The van der Waals surface area contributed by atoms with Crippen molar-refractivity contribution in [3.63, 3.8) is 0 Å². The molecule has 0 heterocycles. The van der Waals surface area contributed by atoms with Crippen molar-refractivity contribution < 1.29 is 5.11 Å². The van der Waals surface area contributed by atoms with Gasteiger partial charge in [-0.15, -0.1) is 12.8 Å². The summed E-state index contributed by atoms with van der Waals surface area (Å²) in [6.07, 6.45) is 8.00. The molecule has 0 saturated carbocycles. The van der Waals surface area contributed by atoms with Gasteiger partial charge in [0, 0.05) is 0 Å². The molecule has 8 heavy (non-hydrogen) atoms. The van der Waals surface area contributed by atoms with Crippen molar-refractivity contribution in [3.8, 4) is 12.8 Å². The normalized spacial score (nSPS) is 7.75. The van der Waals surface area contributed by atoms with Crippen molar-refractivity contribution in [3.05, 3.63) is 0 Å². The molecule has 44 valence electrons. The van der Waals surface area contributed by atoms with Crippen LogP contribution in [0.4, 0.5) is 0 Å². The first-order valence-corrected chi connectivity index (χ1v) is 2.06. The third-order valence-electron chi connectivity index (χ3n) is 0. The van der Waals surface area contributed by atoms with Crippen LogP contribution >= 0.6 is 0 Å². The molecule has 0 saturated heterocycles. The monoisotopic (exact) mass is 140 g/mol. The zero-order valence-electron chi connectivity index (χ0n) is 5.10. The zero-order valence-corrected chi connectivity index (χ0v) is 5.10. The second kappa shape index (κ2) is 8.16. The van der Waals surface area contributed by atoms with Gasteiger partial charge in [0.05, 0.1) is 5.60 Å². The molecule has 0 fully saturated rings. The van der Waals surface area contributed by atoms with E-state index >= 15 is 0 Å². The van der Waals surface area contributed by atoms with Crippen molar-refractivity contribution >= 4 is 51.4 Å². The summed E-state index contributed by atoms with van der Waals surface area (Å²) in [6.45, 7) is 5.23. The fraction of sp³-hybridized carbons (Fsp3) is 0.667. The Morgan fingerprint density at radius 3 is 1.12 bits per heavy atom. The van der Waals surface area contributed by atoms with E-state index in [0.29, 0.717) is 0 Å². The van der Waals surface area contributed by atoms with E-state index in [9.17, 15) is 0 Å². The van der Waals surface area contributed by atoms with Gasteiger partial charge in [0.15, 0.2) is 0 Å². The SMILES string of the molecule is C#C.CC(C)(C)O.[KH]. The Morgan fingerprint density at radius 2 is 1.12 bits per heavy atom. The summed E-state index contributed by atoms with van der Waals surface area (Å²) in [7, 11) is 0. The summed E-state index contributed by atoms with van der Waals surface area (Å²) in [6, 6.07) is 0. The van der Waals surface area contributed by atoms with Gasteiger partial charge in [-0.3, -0.25) is 0 Å². The zero-order chi connectivity index (χ0) is 6.50. The summed E-state index contributed by atoms with van der Waals surface area (Å²) in [5, 5.41) is 8.52. The van der Waals surface area contributed by atoms with E-state index < -0.39 is 5.60 Å². The van der Waals surface area contributed by atoms with Crippen LogP contribution in [0, 0.1) is 12.8 Å². The first-order chi connectivity index (χ1) is 3.00. The van der Waals surface area contributed by atoms with Crippen molar-refractivity contribution in [2.24, 2.45) is 0 Å². The van der Waals surface area contributed by atoms with Gasteiger partial charge in [0.1, 0.15) is 0 Å². The molecule has 0 unspecified atom stereocenters. The van der Waals surface area contributed by atoms with E-state index in [-0.39, 0.29) is 51.4 Å². The molecule has 0 aliphatic rings. The Morgan fingerprint density at radius 1 is 1.12 bits per heavy atom. The second-order valence-electron chi connectivity index (χ2n) is 2.17. The van der Waals surface area contributed by atoms with Crippen LogP contribution in [-0.2, 0) is 0 Å². The Bertz CT molecular complexity index is 45.3. The minimum atomic E-state index is -0.500. The minimum absolute atomic E-state index is 0. The van der Waals surface area contributed by atoms with Gasteiger partial charge < -0.3 is 5.11 Å². The maximum absolute atomic E-state index is 8.52. The van der Waals surface area contributed by atoms with Crippen molar-refractivity contribution in [1.82, 2.24) is 0 Å². The molecule has 0 radical (unpaired) electrons. The number of aliphatic hydroxyl groups is 1. The molecule has 1 nitrogen and oxygen atoms in total. The topological polar surface area (TPSA) is 20.2 Å². The van der Waals surface area contributed by atoms with Crippen LogP contribution in [0.5, 0.6) is 0 Å². The van der Waals surface area contributed by atoms with Gasteiger partial charge in [-0.05, 0) is 20.8 Å². The molecule has 0 aromatic carbocycles. The van der Waals surface area contributed by atoms with Crippen LogP contribution in [0.15, 0.2) is 0 Å². The Labute approximate surface area is 94.3 Å². The molecule has 0 atom stereocenters. The van der Waals surface area contributed by atoms with E-state index in [0.717, 1.165) is 0 Å². The summed E-state index contributed by atoms with van der Waals surface area (Å²) in [4.78, 5) is 0. The predicted molar refractivity (Wildman–Crippen MR) is 39.0 cm³/mol. The van der Waals surface area contributed by atoms with E-state index in [4.69, 9.17) is 5.11 Å². The molecule has 2 heteroatoms. The third-order valence-corrected chi connectivity index (χ3v) is 0. The molecule has 0 aromatic heterocycles. The van der Waals surface area contributed by atoms with Gasteiger partial charge in [-0.25, -0.2) is 0 Å². The standard InChI is InChI=1S/C4H10O.C2H2.K.H/c1-4(2,3)5;1-2;;/h5H,1-3H3;1-2H;;. The average molecular weight is 140 g/mol. The molecule has 0 amide bonds. The molecule has 0 aliphatic carbocycles. The summed E-state index contributed by atoms with van der Waals surface area (Å²) < 4.78 is 0. The van der Waals surface area contributed by atoms with Crippen molar-refractivity contribution in [1.29, 1.82) is 0 Å². The fourth-order valence-corrected chi connectivity index (χ4v) is 0. The molecule has 0 spiro atoms. The first kappa shape index (κ1) is 16.1. The van der Waals surface area contributed by atoms with E-state index in [1.54, 1.807) is 20.8 Å². The van der Waals surface area contributed by atoms with Crippen molar-refractivity contribution in [2.75, 3.05) is 0 Å². The average Bonchev–Trinajstić information content (AvgIpc) is 1.36. The van der Waals surface area contributed by atoms with Crippen LogP contribution in [0.2, 0.25) is 0 Å². The number of hydrogen-bond donors (Lipinski definition) is 1. The second-order valence-corrected chi connectivity index (χ2v) is 2.17. The third kappa shape index (κ3) is 203. The quantitative estimate of drug-likeness (QED) is 0.381. The molecule has 1 N–H and O–H groups in total. The Hall–Kier alpha value is 1.16. The molecule has 0 aromatic rings. The molecular formula is C6H13KO. The molecule has 0 rings (SSSR count). The van der Waals surface area contributed by atoms with Crippen LogP contribution in [-0.4, -0.2) is 62.1 Å². The number of hydrogen-bond acceptors (Lipinski definition) is 1. The maximum atomic E-state index is 8.52. The van der Waals surface area contributed by atoms with Crippen LogP contribution in [0.1, 0.15) is 20.8 Å². The Balaban J connectivity index is -0.0000000750.